The molecule has 0 fully saturated rings. The summed E-state index contributed by atoms with van der Waals surface area (Å²) in [6, 6.07) is 12.1. The fraction of sp³-hybridized carbons (Fsp3) is 0.192. The SMILES string of the molecule is CCNc1cc(-c2cc(C#N)ccc2-c2nncn2C)cc(N2Cc3c(cc(O)cc3C(F)(F)F)C2=O)n1. The molecule has 5 rings (SSSR count). The zero-order valence-electron chi connectivity index (χ0n) is 20.2. The summed E-state index contributed by atoms with van der Waals surface area (Å²) >= 11 is 0. The number of alkyl halides is 3. The van der Waals surface area contributed by atoms with Crippen molar-refractivity contribution in [2.75, 3.05) is 16.8 Å². The molecule has 0 bridgehead atoms. The predicted octanol–water partition coefficient (Wildman–Crippen LogP) is 4.73. The number of aryl methyl sites for hydroxylation is 1. The number of aromatic hydroxyl groups is 1. The van der Waals surface area contributed by atoms with Crippen molar-refractivity contribution in [2.45, 2.75) is 19.6 Å². The minimum absolute atomic E-state index is 0.110. The summed E-state index contributed by atoms with van der Waals surface area (Å²) in [5, 5.41) is 30.6. The average molecular weight is 519 g/mol. The van der Waals surface area contributed by atoms with E-state index in [-0.39, 0.29) is 23.5 Å². The maximum atomic E-state index is 13.7. The summed E-state index contributed by atoms with van der Waals surface area (Å²) in [6.07, 6.45) is -3.22. The van der Waals surface area contributed by atoms with Crippen molar-refractivity contribution in [3.63, 3.8) is 0 Å². The molecule has 0 spiro atoms. The fourth-order valence-corrected chi connectivity index (χ4v) is 4.49. The van der Waals surface area contributed by atoms with E-state index in [4.69, 9.17) is 0 Å². The second-order valence-electron chi connectivity index (χ2n) is 8.68. The summed E-state index contributed by atoms with van der Waals surface area (Å²) in [4.78, 5) is 18.9. The van der Waals surface area contributed by atoms with Gasteiger partial charge < -0.3 is 15.0 Å². The molecule has 2 aromatic heterocycles. The van der Waals surface area contributed by atoms with E-state index in [1.807, 2.05) is 6.92 Å². The number of hydrogen-bond acceptors (Lipinski definition) is 7. The molecular formula is C26H20F3N7O2. The highest BCUT2D eigenvalue weighted by molar-refractivity contribution is 6.10. The van der Waals surface area contributed by atoms with Gasteiger partial charge in [0.1, 0.15) is 23.7 Å². The summed E-state index contributed by atoms with van der Waals surface area (Å²) < 4.78 is 42.8. The number of nitriles is 1. The van der Waals surface area contributed by atoms with Gasteiger partial charge in [0.25, 0.3) is 5.91 Å². The average Bonchev–Trinajstić information content (AvgIpc) is 3.45. The van der Waals surface area contributed by atoms with Gasteiger partial charge in [0.05, 0.1) is 23.7 Å². The van der Waals surface area contributed by atoms with Crippen molar-refractivity contribution in [1.29, 1.82) is 5.26 Å². The molecule has 0 aliphatic carbocycles. The third-order valence-electron chi connectivity index (χ3n) is 6.19. The monoisotopic (exact) mass is 519 g/mol. The van der Waals surface area contributed by atoms with E-state index in [0.717, 1.165) is 11.0 Å². The number of hydrogen-bond donors (Lipinski definition) is 2. The number of phenols is 1. The lowest BCUT2D eigenvalue weighted by molar-refractivity contribution is -0.138. The normalized spacial score (nSPS) is 12.9. The molecule has 38 heavy (non-hydrogen) atoms. The molecule has 2 N–H and O–H groups in total. The fourth-order valence-electron chi connectivity index (χ4n) is 4.49. The van der Waals surface area contributed by atoms with Gasteiger partial charge in [0.2, 0.25) is 0 Å². The molecule has 3 heterocycles. The Hall–Kier alpha value is -4.92. The second-order valence-corrected chi connectivity index (χ2v) is 8.68. The Kier molecular flexibility index (Phi) is 5.99. The molecule has 0 saturated carbocycles. The number of carbonyl (C=O) groups excluding carboxylic acids is 1. The van der Waals surface area contributed by atoms with E-state index >= 15 is 0 Å². The Labute approximate surface area is 214 Å². The van der Waals surface area contributed by atoms with E-state index in [1.165, 1.54) is 6.33 Å². The molecule has 1 amide bonds. The highest BCUT2D eigenvalue weighted by Crippen LogP contribution is 2.42. The third-order valence-corrected chi connectivity index (χ3v) is 6.19. The molecule has 0 unspecified atom stereocenters. The maximum absolute atomic E-state index is 13.7. The molecule has 0 saturated heterocycles. The molecule has 1 aliphatic heterocycles. The van der Waals surface area contributed by atoms with Crippen LogP contribution in [0.15, 0.2) is 48.8 Å². The highest BCUT2D eigenvalue weighted by Gasteiger charge is 2.41. The van der Waals surface area contributed by atoms with Crippen molar-refractivity contribution in [3.05, 3.63) is 71.0 Å². The standard InChI is InChI=1S/C26H20F3N7O2/c1-3-31-22-7-15(18-6-14(11-30)4-5-17(18)24-34-32-13-35(24)2)8-23(33-22)36-12-20-19(25(36)38)9-16(37)10-21(20)26(27,28)29/h4-10,13,37H,3,12H2,1-2H3,(H,31,33). The van der Waals surface area contributed by atoms with E-state index in [9.17, 15) is 28.3 Å². The van der Waals surface area contributed by atoms with Crippen LogP contribution in [0, 0.1) is 11.3 Å². The Balaban J connectivity index is 1.67. The van der Waals surface area contributed by atoms with Gasteiger partial charge in [-0.25, -0.2) is 4.98 Å². The molecular weight excluding hydrogens is 499 g/mol. The van der Waals surface area contributed by atoms with Crippen LogP contribution < -0.4 is 10.2 Å². The molecule has 2 aromatic carbocycles. The third kappa shape index (κ3) is 4.28. The minimum atomic E-state index is -4.76. The molecule has 192 valence electrons. The van der Waals surface area contributed by atoms with Gasteiger partial charge >= 0.3 is 6.18 Å². The van der Waals surface area contributed by atoms with Gasteiger partial charge in [-0.2, -0.15) is 18.4 Å². The van der Waals surface area contributed by atoms with Crippen LogP contribution in [0.4, 0.5) is 24.8 Å². The van der Waals surface area contributed by atoms with Crippen LogP contribution in [0.3, 0.4) is 0 Å². The number of nitrogens with zero attached hydrogens (tertiary/aromatic N) is 6. The lowest BCUT2D eigenvalue weighted by atomic mass is 9.97. The first-order valence-corrected chi connectivity index (χ1v) is 11.5. The van der Waals surface area contributed by atoms with Gasteiger partial charge in [-0.1, -0.05) is 0 Å². The zero-order chi connectivity index (χ0) is 27.2. The number of pyridine rings is 1. The largest absolute Gasteiger partial charge is 0.508 e. The summed E-state index contributed by atoms with van der Waals surface area (Å²) in [5.74, 6) is -0.342. The van der Waals surface area contributed by atoms with Crippen molar-refractivity contribution in [2.24, 2.45) is 7.05 Å². The number of anilines is 2. The van der Waals surface area contributed by atoms with Gasteiger partial charge in [-0.05, 0) is 66.1 Å². The zero-order valence-corrected chi connectivity index (χ0v) is 20.2. The molecule has 4 aromatic rings. The number of aromatic nitrogens is 4. The number of amides is 1. The Morgan fingerprint density at radius 1 is 1.13 bits per heavy atom. The van der Waals surface area contributed by atoms with E-state index in [2.05, 4.69) is 26.6 Å². The number of nitrogens with one attached hydrogen (secondary N) is 1. The predicted molar refractivity (Wildman–Crippen MR) is 132 cm³/mol. The van der Waals surface area contributed by atoms with Gasteiger partial charge in [-0.15, -0.1) is 10.2 Å². The van der Waals surface area contributed by atoms with Gasteiger partial charge in [0.15, 0.2) is 5.82 Å². The first kappa shape index (κ1) is 24.8. The second kappa shape index (κ2) is 9.19. The van der Waals surface area contributed by atoms with Crippen molar-refractivity contribution in [1.82, 2.24) is 19.7 Å². The van der Waals surface area contributed by atoms with Crippen LogP contribution in [0.2, 0.25) is 0 Å². The number of rotatable bonds is 5. The summed E-state index contributed by atoms with van der Waals surface area (Å²) in [6.45, 7) is 1.97. The van der Waals surface area contributed by atoms with E-state index < -0.39 is 23.4 Å². The van der Waals surface area contributed by atoms with Crippen molar-refractivity contribution >= 4 is 17.5 Å². The van der Waals surface area contributed by atoms with E-state index in [1.54, 1.807) is 41.9 Å². The van der Waals surface area contributed by atoms with Crippen LogP contribution in [0.5, 0.6) is 5.75 Å². The summed E-state index contributed by atoms with van der Waals surface area (Å²) in [7, 11) is 1.77. The van der Waals surface area contributed by atoms with E-state index in [0.29, 0.717) is 46.5 Å². The number of phenolic OH excluding ortho intramolecular Hbond substituents is 1. The highest BCUT2D eigenvalue weighted by atomic mass is 19.4. The van der Waals surface area contributed by atoms with Gasteiger partial charge in [0, 0.05) is 24.7 Å². The van der Waals surface area contributed by atoms with Crippen LogP contribution in [0.25, 0.3) is 22.5 Å². The number of carbonyl (C=O) groups is 1. The van der Waals surface area contributed by atoms with Crippen LogP contribution in [-0.4, -0.2) is 37.3 Å². The summed E-state index contributed by atoms with van der Waals surface area (Å²) in [5.41, 5.74) is 0.653. The maximum Gasteiger partial charge on any atom is 0.416 e. The lowest BCUT2D eigenvalue weighted by Crippen LogP contribution is -2.24. The topological polar surface area (TPSA) is 120 Å². The first-order valence-electron chi connectivity index (χ1n) is 11.5. The Bertz CT molecular complexity index is 1620. The Morgan fingerprint density at radius 2 is 1.92 bits per heavy atom. The number of fused-ring (bicyclic) bond motifs is 1. The van der Waals surface area contributed by atoms with Crippen molar-refractivity contribution < 1.29 is 23.1 Å². The van der Waals surface area contributed by atoms with Crippen LogP contribution in [-0.2, 0) is 19.8 Å². The quantitative estimate of drug-likeness (QED) is 0.391. The lowest BCUT2D eigenvalue weighted by Gasteiger charge is -2.19. The number of halogens is 3. The van der Waals surface area contributed by atoms with Crippen molar-refractivity contribution in [3.8, 4) is 34.3 Å². The van der Waals surface area contributed by atoms with Gasteiger partial charge in [-0.3, -0.25) is 9.69 Å². The smallest absolute Gasteiger partial charge is 0.416 e. The minimum Gasteiger partial charge on any atom is -0.508 e. The number of benzene rings is 2. The molecule has 9 nitrogen and oxygen atoms in total. The van der Waals surface area contributed by atoms with Crippen LogP contribution >= 0.6 is 0 Å². The first-order chi connectivity index (χ1) is 18.1. The molecule has 12 heteroatoms. The van der Waals surface area contributed by atoms with Crippen LogP contribution in [0.1, 0.15) is 34.0 Å². The molecule has 0 atom stereocenters. The molecule has 0 radical (unpaired) electrons. The Morgan fingerprint density at radius 3 is 2.58 bits per heavy atom. The molecule has 1 aliphatic rings.